The molecule has 26 heavy (non-hydrogen) atoms. The lowest BCUT2D eigenvalue weighted by Crippen LogP contribution is -2.23. The van der Waals surface area contributed by atoms with Crippen LogP contribution in [0.25, 0.3) is 11.4 Å². The van der Waals surface area contributed by atoms with Gasteiger partial charge in [0.25, 0.3) is 0 Å². The van der Waals surface area contributed by atoms with Crippen LogP contribution in [0.3, 0.4) is 0 Å². The van der Waals surface area contributed by atoms with Crippen LogP contribution in [0.15, 0.2) is 61.2 Å². The molecule has 0 amide bonds. The van der Waals surface area contributed by atoms with Crippen LogP contribution in [-0.2, 0) is 12.0 Å². The first-order valence-corrected chi connectivity index (χ1v) is 8.76. The molecule has 5 heteroatoms. The molecule has 1 atom stereocenters. The van der Waals surface area contributed by atoms with Gasteiger partial charge < -0.3 is 14.4 Å². The van der Waals surface area contributed by atoms with Crippen molar-refractivity contribution < 1.29 is 9.84 Å². The Morgan fingerprint density at radius 1 is 1.04 bits per heavy atom. The van der Waals surface area contributed by atoms with Crippen molar-refractivity contribution in [2.75, 3.05) is 6.61 Å². The topological polar surface area (TPSA) is 60.2 Å². The number of hydrogen-bond donors (Lipinski definition) is 1. The Kier molecular flexibility index (Phi) is 5.38. The Bertz CT molecular complexity index is 820. The Hall–Kier alpha value is -2.66. The number of pyridine rings is 1. The number of aliphatic hydroxyl groups excluding tert-OH is 1. The number of nitrogens with zero attached hydrogens (tertiary/aromatic N) is 3. The fourth-order valence-electron chi connectivity index (χ4n) is 2.74. The molecule has 0 saturated carbocycles. The van der Waals surface area contributed by atoms with Gasteiger partial charge in [-0.05, 0) is 35.2 Å². The van der Waals surface area contributed by atoms with Gasteiger partial charge in [0.1, 0.15) is 24.3 Å². The maximum atomic E-state index is 10.4. The number of benzene rings is 1. The average molecular weight is 351 g/mol. The largest absolute Gasteiger partial charge is 0.491 e. The summed E-state index contributed by atoms with van der Waals surface area (Å²) < 4.78 is 7.66. The Morgan fingerprint density at radius 3 is 2.38 bits per heavy atom. The maximum absolute atomic E-state index is 10.4. The number of rotatable bonds is 6. The fraction of sp³-hybridized carbons (Fsp3) is 0.333. The van der Waals surface area contributed by atoms with E-state index in [1.807, 2.05) is 35.0 Å². The van der Waals surface area contributed by atoms with Crippen LogP contribution in [0.2, 0.25) is 0 Å². The minimum absolute atomic E-state index is 0.114. The van der Waals surface area contributed by atoms with E-state index in [1.54, 1.807) is 18.6 Å². The third kappa shape index (κ3) is 4.49. The number of ether oxygens (including phenoxy) is 1. The summed E-state index contributed by atoms with van der Waals surface area (Å²) in [6.07, 6.45) is 6.42. The van der Waals surface area contributed by atoms with E-state index in [-0.39, 0.29) is 12.0 Å². The fourth-order valence-corrected chi connectivity index (χ4v) is 2.74. The normalized spacial score (nSPS) is 12.8. The number of aromatic nitrogens is 3. The molecule has 0 bridgehead atoms. The second kappa shape index (κ2) is 7.70. The van der Waals surface area contributed by atoms with E-state index in [4.69, 9.17) is 4.74 Å². The van der Waals surface area contributed by atoms with E-state index < -0.39 is 6.10 Å². The van der Waals surface area contributed by atoms with Crippen molar-refractivity contribution in [1.82, 2.24) is 14.5 Å². The first kappa shape index (κ1) is 18.1. The summed E-state index contributed by atoms with van der Waals surface area (Å²) in [6, 6.07) is 11.8. The third-order valence-corrected chi connectivity index (χ3v) is 4.22. The van der Waals surface area contributed by atoms with E-state index in [0.29, 0.717) is 6.54 Å². The van der Waals surface area contributed by atoms with Crippen LogP contribution in [0, 0.1) is 0 Å². The SMILES string of the molecule is CC(C)(C)c1ccc(OCC(O)Cn2ccnc2-c2ccncc2)cc1. The monoisotopic (exact) mass is 351 g/mol. The molecule has 0 fully saturated rings. The van der Waals surface area contributed by atoms with Crippen LogP contribution in [0.4, 0.5) is 0 Å². The third-order valence-electron chi connectivity index (χ3n) is 4.22. The Labute approximate surface area is 154 Å². The Morgan fingerprint density at radius 2 is 1.73 bits per heavy atom. The van der Waals surface area contributed by atoms with Gasteiger partial charge in [-0.1, -0.05) is 32.9 Å². The Balaban J connectivity index is 1.59. The van der Waals surface area contributed by atoms with E-state index >= 15 is 0 Å². The number of aliphatic hydroxyl groups is 1. The van der Waals surface area contributed by atoms with Crippen molar-refractivity contribution in [1.29, 1.82) is 0 Å². The van der Waals surface area contributed by atoms with Gasteiger partial charge >= 0.3 is 0 Å². The summed E-state index contributed by atoms with van der Waals surface area (Å²) >= 11 is 0. The van der Waals surface area contributed by atoms with Crippen molar-refractivity contribution in [3.8, 4) is 17.1 Å². The van der Waals surface area contributed by atoms with Gasteiger partial charge in [-0.2, -0.15) is 0 Å². The second-order valence-corrected chi connectivity index (χ2v) is 7.38. The van der Waals surface area contributed by atoms with Crippen molar-refractivity contribution in [2.24, 2.45) is 0 Å². The molecule has 2 aromatic heterocycles. The summed E-state index contributed by atoms with van der Waals surface area (Å²) in [7, 11) is 0. The number of imidazole rings is 1. The average Bonchev–Trinajstić information content (AvgIpc) is 3.08. The molecule has 0 saturated heterocycles. The van der Waals surface area contributed by atoms with Crippen LogP contribution in [-0.4, -0.2) is 32.4 Å². The van der Waals surface area contributed by atoms with E-state index in [0.717, 1.165) is 17.1 Å². The smallest absolute Gasteiger partial charge is 0.140 e. The predicted molar refractivity (Wildman–Crippen MR) is 102 cm³/mol. The van der Waals surface area contributed by atoms with Crippen LogP contribution in [0.1, 0.15) is 26.3 Å². The van der Waals surface area contributed by atoms with Crippen LogP contribution < -0.4 is 4.74 Å². The van der Waals surface area contributed by atoms with Crippen LogP contribution in [0.5, 0.6) is 5.75 Å². The highest BCUT2D eigenvalue weighted by atomic mass is 16.5. The van der Waals surface area contributed by atoms with Gasteiger partial charge in [-0.3, -0.25) is 4.98 Å². The zero-order valence-electron chi connectivity index (χ0n) is 15.5. The molecular formula is C21H25N3O2. The van der Waals surface area contributed by atoms with Gasteiger partial charge in [0.05, 0.1) is 6.54 Å². The highest BCUT2D eigenvalue weighted by molar-refractivity contribution is 5.54. The minimum atomic E-state index is -0.632. The molecule has 1 N–H and O–H groups in total. The standard InChI is InChI=1S/C21H25N3O2/c1-21(2,3)17-4-6-19(7-5-17)26-15-18(25)14-24-13-12-23-20(24)16-8-10-22-11-9-16/h4-13,18,25H,14-15H2,1-3H3. The van der Waals surface area contributed by atoms with Crippen molar-refractivity contribution >= 4 is 0 Å². The lowest BCUT2D eigenvalue weighted by molar-refractivity contribution is 0.0928. The molecule has 0 radical (unpaired) electrons. The van der Waals surface area contributed by atoms with Gasteiger partial charge in [0.15, 0.2) is 0 Å². The molecule has 3 rings (SSSR count). The zero-order valence-corrected chi connectivity index (χ0v) is 15.5. The highest BCUT2D eigenvalue weighted by Gasteiger charge is 2.14. The molecule has 1 aromatic carbocycles. The summed E-state index contributed by atoms with van der Waals surface area (Å²) in [6.45, 7) is 7.18. The highest BCUT2D eigenvalue weighted by Crippen LogP contribution is 2.24. The lowest BCUT2D eigenvalue weighted by atomic mass is 9.87. The molecule has 2 heterocycles. The lowest BCUT2D eigenvalue weighted by Gasteiger charge is -2.19. The van der Waals surface area contributed by atoms with Crippen molar-refractivity contribution in [3.63, 3.8) is 0 Å². The van der Waals surface area contributed by atoms with E-state index in [9.17, 15) is 5.11 Å². The zero-order chi connectivity index (χ0) is 18.6. The van der Waals surface area contributed by atoms with Crippen molar-refractivity contribution in [2.45, 2.75) is 38.8 Å². The second-order valence-electron chi connectivity index (χ2n) is 7.38. The summed E-state index contributed by atoms with van der Waals surface area (Å²) in [5, 5.41) is 10.4. The molecule has 0 aliphatic rings. The van der Waals surface area contributed by atoms with Crippen LogP contribution >= 0.6 is 0 Å². The quantitative estimate of drug-likeness (QED) is 0.736. The van der Waals surface area contributed by atoms with Crippen molar-refractivity contribution in [3.05, 3.63) is 66.7 Å². The summed E-state index contributed by atoms with van der Waals surface area (Å²) in [5.41, 5.74) is 2.34. The number of hydrogen-bond acceptors (Lipinski definition) is 4. The maximum Gasteiger partial charge on any atom is 0.140 e. The first-order chi connectivity index (χ1) is 12.4. The molecule has 1 unspecified atom stereocenters. The van der Waals surface area contributed by atoms with E-state index in [1.165, 1.54) is 5.56 Å². The molecule has 0 aliphatic heterocycles. The van der Waals surface area contributed by atoms with Gasteiger partial charge in [0.2, 0.25) is 0 Å². The summed E-state index contributed by atoms with van der Waals surface area (Å²) in [4.78, 5) is 8.40. The van der Waals surface area contributed by atoms with E-state index in [2.05, 4.69) is 42.9 Å². The van der Waals surface area contributed by atoms with Gasteiger partial charge in [0, 0.05) is 30.4 Å². The molecule has 0 aliphatic carbocycles. The molecule has 5 nitrogen and oxygen atoms in total. The van der Waals surface area contributed by atoms with Gasteiger partial charge in [-0.15, -0.1) is 0 Å². The molecular weight excluding hydrogens is 326 g/mol. The molecule has 136 valence electrons. The minimum Gasteiger partial charge on any atom is -0.491 e. The molecule has 3 aromatic rings. The van der Waals surface area contributed by atoms with Gasteiger partial charge in [-0.25, -0.2) is 4.98 Å². The first-order valence-electron chi connectivity index (χ1n) is 8.76. The summed E-state index contributed by atoms with van der Waals surface area (Å²) in [5.74, 6) is 1.57. The molecule has 0 spiro atoms. The predicted octanol–water partition coefficient (Wildman–Crippen LogP) is 3.68.